The second-order valence-corrected chi connectivity index (χ2v) is 4.92. The minimum Gasteiger partial charge on any atom is -0.308 e. The third-order valence-corrected chi connectivity index (χ3v) is 3.63. The fraction of sp³-hybridized carbons (Fsp3) is 0.214. The van der Waals surface area contributed by atoms with Crippen molar-refractivity contribution in [1.82, 2.24) is 10.3 Å². The summed E-state index contributed by atoms with van der Waals surface area (Å²) >= 11 is 12.0. The molecule has 94 valence electrons. The molecule has 0 amide bonds. The highest BCUT2D eigenvalue weighted by Crippen LogP contribution is 2.28. The minimum absolute atomic E-state index is 0.0148. The molecule has 0 spiro atoms. The van der Waals surface area contributed by atoms with Gasteiger partial charge in [-0.2, -0.15) is 0 Å². The lowest BCUT2D eigenvalue weighted by atomic mass is 10.0. The maximum Gasteiger partial charge on any atom is 0.0752 e. The van der Waals surface area contributed by atoms with Gasteiger partial charge in [-0.15, -0.1) is 0 Å². The minimum atomic E-state index is 0.0148. The van der Waals surface area contributed by atoms with Gasteiger partial charge >= 0.3 is 0 Å². The average molecular weight is 281 g/mol. The molecule has 1 aromatic heterocycles. The molecule has 0 aliphatic heterocycles. The zero-order chi connectivity index (χ0) is 13.1. The van der Waals surface area contributed by atoms with Gasteiger partial charge in [0.2, 0.25) is 0 Å². The van der Waals surface area contributed by atoms with E-state index in [-0.39, 0.29) is 6.04 Å². The summed E-state index contributed by atoms with van der Waals surface area (Å²) in [6.07, 6.45) is 1.80. The summed E-state index contributed by atoms with van der Waals surface area (Å²) in [7, 11) is 1.90. The number of benzene rings is 1. The first-order valence-corrected chi connectivity index (χ1v) is 6.43. The van der Waals surface area contributed by atoms with Crippen LogP contribution in [-0.2, 0) is 0 Å². The van der Waals surface area contributed by atoms with Crippen molar-refractivity contribution in [2.75, 3.05) is 7.05 Å². The highest BCUT2D eigenvalue weighted by Gasteiger charge is 2.16. The lowest BCUT2D eigenvalue weighted by Gasteiger charge is -2.18. The molecule has 4 heteroatoms. The summed E-state index contributed by atoms with van der Waals surface area (Å²) in [6, 6.07) is 9.63. The molecule has 1 atom stereocenters. The summed E-state index contributed by atoms with van der Waals surface area (Å²) in [4.78, 5) is 4.44. The molecule has 0 saturated heterocycles. The predicted molar refractivity (Wildman–Crippen MR) is 76.3 cm³/mol. The Labute approximate surface area is 117 Å². The van der Waals surface area contributed by atoms with Crippen LogP contribution in [-0.4, -0.2) is 12.0 Å². The van der Waals surface area contributed by atoms with Gasteiger partial charge in [0, 0.05) is 6.20 Å². The number of nitrogens with one attached hydrogen (secondary N) is 1. The maximum absolute atomic E-state index is 6.06. The predicted octanol–water partition coefficient (Wildman–Crippen LogP) is 4.01. The molecule has 0 aliphatic carbocycles. The molecule has 18 heavy (non-hydrogen) atoms. The molecule has 0 saturated carbocycles. The van der Waals surface area contributed by atoms with E-state index >= 15 is 0 Å². The normalized spacial score (nSPS) is 12.4. The molecule has 2 aromatic rings. The van der Waals surface area contributed by atoms with E-state index in [2.05, 4.69) is 10.3 Å². The smallest absolute Gasteiger partial charge is 0.0752 e. The number of hydrogen-bond donors (Lipinski definition) is 1. The molecule has 0 radical (unpaired) electrons. The van der Waals surface area contributed by atoms with Crippen LogP contribution in [0, 0.1) is 6.92 Å². The monoisotopic (exact) mass is 280 g/mol. The molecule has 0 aliphatic rings. The Morgan fingerprint density at radius 1 is 1.17 bits per heavy atom. The van der Waals surface area contributed by atoms with E-state index in [1.165, 1.54) is 0 Å². The van der Waals surface area contributed by atoms with Gasteiger partial charge in [0.05, 0.1) is 21.8 Å². The fourth-order valence-corrected chi connectivity index (χ4v) is 2.26. The van der Waals surface area contributed by atoms with Crippen molar-refractivity contribution in [3.8, 4) is 0 Å². The van der Waals surface area contributed by atoms with E-state index in [0.717, 1.165) is 16.8 Å². The standard InChI is InChI=1S/C14H14Cl2N2/c1-9-4-3-7-18-13(9)14(17-2)10-5-6-11(15)12(16)8-10/h3-8,14,17H,1-2H3. The van der Waals surface area contributed by atoms with Crippen LogP contribution < -0.4 is 5.32 Å². The van der Waals surface area contributed by atoms with Crippen molar-refractivity contribution in [3.63, 3.8) is 0 Å². The van der Waals surface area contributed by atoms with Gasteiger partial charge in [-0.1, -0.05) is 35.3 Å². The van der Waals surface area contributed by atoms with Crippen LogP contribution in [0.25, 0.3) is 0 Å². The number of rotatable bonds is 3. The number of halogens is 2. The van der Waals surface area contributed by atoms with Gasteiger partial charge in [-0.3, -0.25) is 4.98 Å². The van der Waals surface area contributed by atoms with Crippen LogP contribution in [0.3, 0.4) is 0 Å². The zero-order valence-corrected chi connectivity index (χ0v) is 11.8. The molecule has 1 heterocycles. The van der Waals surface area contributed by atoms with Gasteiger partial charge < -0.3 is 5.32 Å². The zero-order valence-electron chi connectivity index (χ0n) is 10.2. The topological polar surface area (TPSA) is 24.9 Å². The molecule has 1 unspecified atom stereocenters. The Morgan fingerprint density at radius 2 is 1.94 bits per heavy atom. The third-order valence-electron chi connectivity index (χ3n) is 2.89. The Morgan fingerprint density at radius 3 is 2.56 bits per heavy atom. The van der Waals surface area contributed by atoms with Crippen molar-refractivity contribution < 1.29 is 0 Å². The summed E-state index contributed by atoms with van der Waals surface area (Å²) in [5, 5.41) is 4.38. The van der Waals surface area contributed by atoms with Gasteiger partial charge in [-0.25, -0.2) is 0 Å². The van der Waals surface area contributed by atoms with Crippen molar-refractivity contribution in [2.24, 2.45) is 0 Å². The number of aryl methyl sites for hydroxylation is 1. The Hall–Kier alpha value is -1.09. The van der Waals surface area contributed by atoms with Crippen LogP contribution in [0.2, 0.25) is 10.0 Å². The maximum atomic E-state index is 6.06. The third kappa shape index (κ3) is 2.66. The number of nitrogens with zero attached hydrogens (tertiary/aromatic N) is 1. The van der Waals surface area contributed by atoms with Crippen LogP contribution in [0.5, 0.6) is 0 Å². The SMILES string of the molecule is CNC(c1ccc(Cl)c(Cl)c1)c1ncccc1C. The number of pyridine rings is 1. The molecule has 2 rings (SSSR count). The molecule has 1 aromatic carbocycles. The largest absolute Gasteiger partial charge is 0.308 e. The Balaban J connectivity index is 2.45. The van der Waals surface area contributed by atoms with Crippen LogP contribution in [0.15, 0.2) is 36.5 Å². The van der Waals surface area contributed by atoms with E-state index in [4.69, 9.17) is 23.2 Å². The first-order valence-electron chi connectivity index (χ1n) is 5.67. The number of hydrogen-bond acceptors (Lipinski definition) is 2. The Kier molecular flexibility index (Phi) is 4.23. The van der Waals surface area contributed by atoms with Crippen LogP contribution in [0.1, 0.15) is 22.9 Å². The van der Waals surface area contributed by atoms with E-state index in [1.807, 2.05) is 44.3 Å². The van der Waals surface area contributed by atoms with Gasteiger partial charge in [0.15, 0.2) is 0 Å². The van der Waals surface area contributed by atoms with Crippen molar-refractivity contribution >= 4 is 23.2 Å². The molecule has 1 N–H and O–H groups in total. The lowest BCUT2D eigenvalue weighted by Crippen LogP contribution is -2.19. The van der Waals surface area contributed by atoms with Crippen LogP contribution in [0.4, 0.5) is 0 Å². The summed E-state index contributed by atoms with van der Waals surface area (Å²) in [5.41, 5.74) is 3.19. The van der Waals surface area contributed by atoms with Gasteiger partial charge in [-0.05, 0) is 43.3 Å². The summed E-state index contributed by atoms with van der Waals surface area (Å²) in [6.45, 7) is 2.05. The van der Waals surface area contributed by atoms with E-state index < -0.39 is 0 Å². The summed E-state index contributed by atoms with van der Waals surface area (Å²) < 4.78 is 0. The van der Waals surface area contributed by atoms with Gasteiger partial charge in [0.1, 0.15) is 0 Å². The fourth-order valence-electron chi connectivity index (χ4n) is 1.95. The highest BCUT2D eigenvalue weighted by molar-refractivity contribution is 6.42. The van der Waals surface area contributed by atoms with Gasteiger partial charge in [0.25, 0.3) is 0 Å². The summed E-state index contributed by atoms with van der Waals surface area (Å²) in [5.74, 6) is 0. The lowest BCUT2D eigenvalue weighted by molar-refractivity contribution is 0.666. The molecule has 0 fully saturated rings. The molecular formula is C14H14Cl2N2. The average Bonchev–Trinajstić information content (AvgIpc) is 2.37. The van der Waals surface area contributed by atoms with Crippen LogP contribution >= 0.6 is 23.2 Å². The van der Waals surface area contributed by atoms with Crippen molar-refractivity contribution in [1.29, 1.82) is 0 Å². The van der Waals surface area contributed by atoms with Crippen molar-refractivity contribution in [3.05, 3.63) is 63.4 Å². The second kappa shape index (κ2) is 5.70. The van der Waals surface area contributed by atoms with E-state index in [9.17, 15) is 0 Å². The first-order chi connectivity index (χ1) is 8.63. The highest BCUT2D eigenvalue weighted by atomic mass is 35.5. The first kappa shape index (κ1) is 13.3. The van der Waals surface area contributed by atoms with E-state index in [1.54, 1.807) is 6.20 Å². The quantitative estimate of drug-likeness (QED) is 0.919. The molecule has 0 bridgehead atoms. The molecular weight excluding hydrogens is 267 g/mol. The van der Waals surface area contributed by atoms with E-state index in [0.29, 0.717) is 10.0 Å². The molecule has 2 nitrogen and oxygen atoms in total. The number of aromatic nitrogens is 1. The Bertz CT molecular complexity index is 555. The van der Waals surface area contributed by atoms with Crippen molar-refractivity contribution in [2.45, 2.75) is 13.0 Å². The second-order valence-electron chi connectivity index (χ2n) is 4.10.